The van der Waals surface area contributed by atoms with Crippen molar-refractivity contribution in [1.82, 2.24) is 4.90 Å². The van der Waals surface area contributed by atoms with Crippen LogP contribution >= 0.6 is 11.6 Å². The summed E-state index contributed by atoms with van der Waals surface area (Å²) in [7, 11) is 0. The van der Waals surface area contributed by atoms with E-state index in [0.717, 1.165) is 42.5 Å². The predicted octanol–water partition coefficient (Wildman–Crippen LogP) is 3.70. The fraction of sp³-hybridized carbons (Fsp3) is 0.211. The third-order valence-electron chi connectivity index (χ3n) is 4.00. The van der Waals surface area contributed by atoms with Crippen LogP contribution in [-0.4, -0.2) is 37.0 Å². The van der Waals surface area contributed by atoms with Crippen LogP contribution in [-0.2, 0) is 4.79 Å². The average Bonchev–Trinajstić information content (AvgIpc) is 2.61. The van der Waals surface area contributed by atoms with Crippen molar-refractivity contribution in [2.45, 2.75) is 0 Å². The number of nitrogens with zero attached hydrogens (tertiary/aromatic N) is 2. The number of halogens is 1. The largest absolute Gasteiger partial charge is 0.368 e. The monoisotopic (exact) mass is 326 g/mol. The van der Waals surface area contributed by atoms with Gasteiger partial charge in [-0.2, -0.15) is 0 Å². The van der Waals surface area contributed by atoms with Gasteiger partial charge >= 0.3 is 0 Å². The molecule has 1 saturated heterocycles. The normalized spacial score (nSPS) is 15.2. The molecule has 23 heavy (non-hydrogen) atoms. The van der Waals surface area contributed by atoms with Crippen LogP contribution in [0.2, 0.25) is 5.02 Å². The maximum atomic E-state index is 12.3. The van der Waals surface area contributed by atoms with Crippen molar-refractivity contribution in [1.29, 1.82) is 0 Å². The molecule has 1 fully saturated rings. The summed E-state index contributed by atoms with van der Waals surface area (Å²) in [4.78, 5) is 16.4. The number of piperazine rings is 1. The van der Waals surface area contributed by atoms with E-state index in [1.807, 2.05) is 65.6 Å². The first-order valence-corrected chi connectivity index (χ1v) is 8.13. The van der Waals surface area contributed by atoms with Gasteiger partial charge in [-0.3, -0.25) is 4.79 Å². The first kappa shape index (κ1) is 15.6. The van der Waals surface area contributed by atoms with Gasteiger partial charge in [-0.15, -0.1) is 0 Å². The Morgan fingerprint density at radius 2 is 1.57 bits per heavy atom. The lowest BCUT2D eigenvalue weighted by Gasteiger charge is -2.35. The van der Waals surface area contributed by atoms with Crippen molar-refractivity contribution in [2.24, 2.45) is 0 Å². The quantitative estimate of drug-likeness (QED) is 0.803. The molecule has 0 spiro atoms. The van der Waals surface area contributed by atoms with E-state index < -0.39 is 0 Å². The molecule has 118 valence electrons. The van der Waals surface area contributed by atoms with Gasteiger partial charge in [0.2, 0.25) is 5.91 Å². The number of anilines is 1. The van der Waals surface area contributed by atoms with E-state index in [-0.39, 0.29) is 5.91 Å². The second-order valence-electron chi connectivity index (χ2n) is 5.53. The summed E-state index contributed by atoms with van der Waals surface area (Å²) in [5, 5.41) is 0.744. The first-order valence-electron chi connectivity index (χ1n) is 7.75. The summed E-state index contributed by atoms with van der Waals surface area (Å²) >= 11 is 5.92. The molecule has 0 atom stereocenters. The van der Waals surface area contributed by atoms with Gasteiger partial charge in [0.05, 0.1) is 0 Å². The van der Waals surface area contributed by atoms with E-state index >= 15 is 0 Å². The minimum absolute atomic E-state index is 0.0737. The zero-order valence-corrected chi connectivity index (χ0v) is 13.6. The van der Waals surface area contributed by atoms with Crippen LogP contribution in [0.4, 0.5) is 5.69 Å². The van der Waals surface area contributed by atoms with Gasteiger partial charge in [-0.05, 0) is 35.9 Å². The Hall–Kier alpha value is -2.26. The Morgan fingerprint density at radius 3 is 2.22 bits per heavy atom. The minimum Gasteiger partial charge on any atom is -0.368 e. The van der Waals surface area contributed by atoms with E-state index in [2.05, 4.69) is 4.90 Å². The molecule has 3 rings (SSSR count). The number of hydrogen-bond acceptors (Lipinski definition) is 2. The number of rotatable bonds is 3. The third-order valence-corrected chi connectivity index (χ3v) is 4.25. The van der Waals surface area contributed by atoms with Crippen LogP contribution in [0.15, 0.2) is 60.7 Å². The van der Waals surface area contributed by atoms with Crippen molar-refractivity contribution >= 4 is 29.3 Å². The van der Waals surface area contributed by atoms with E-state index in [4.69, 9.17) is 11.6 Å². The Balaban J connectivity index is 1.55. The summed E-state index contributed by atoms with van der Waals surface area (Å²) in [6.45, 7) is 3.15. The molecular weight excluding hydrogens is 308 g/mol. The highest BCUT2D eigenvalue weighted by Crippen LogP contribution is 2.19. The maximum Gasteiger partial charge on any atom is 0.246 e. The molecule has 0 aliphatic carbocycles. The predicted molar refractivity (Wildman–Crippen MR) is 95.7 cm³/mol. The van der Waals surface area contributed by atoms with Gasteiger partial charge in [-0.1, -0.05) is 41.9 Å². The van der Waals surface area contributed by atoms with Crippen LogP contribution in [0.5, 0.6) is 0 Å². The zero-order chi connectivity index (χ0) is 16.1. The maximum absolute atomic E-state index is 12.3. The molecule has 4 heteroatoms. The van der Waals surface area contributed by atoms with E-state index in [0.29, 0.717) is 0 Å². The molecule has 3 nitrogen and oxygen atoms in total. The molecule has 0 unspecified atom stereocenters. The number of carbonyl (C=O) groups is 1. The van der Waals surface area contributed by atoms with Crippen LogP contribution in [0.1, 0.15) is 5.56 Å². The fourth-order valence-corrected chi connectivity index (χ4v) is 2.80. The van der Waals surface area contributed by atoms with E-state index in [9.17, 15) is 4.79 Å². The number of carbonyl (C=O) groups excluding carboxylic acids is 1. The SMILES string of the molecule is O=C(C=Cc1ccccc1)N1CCN(c2ccc(Cl)cc2)CC1. The molecule has 0 bridgehead atoms. The molecule has 2 aromatic carbocycles. The molecule has 0 N–H and O–H groups in total. The fourth-order valence-electron chi connectivity index (χ4n) is 2.67. The summed E-state index contributed by atoms with van der Waals surface area (Å²) in [6, 6.07) is 17.7. The smallest absolute Gasteiger partial charge is 0.246 e. The lowest BCUT2D eigenvalue weighted by atomic mass is 10.2. The summed E-state index contributed by atoms with van der Waals surface area (Å²) in [6.07, 6.45) is 3.53. The minimum atomic E-state index is 0.0737. The molecule has 1 aliphatic heterocycles. The van der Waals surface area contributed by atoms with Gasteiger partial charge < -0.3 is 9.80 Å². The van der Waals surface area contributed by atoms with Gasteiger partial charge in [0.25, 0.3) is 0 Å². The highest BCUT2D eigenvalue weighted by atomic mass is 35.5. The first-order chi connectivity index (χ1) is 11.2. The van der Waals surface area contributed by atoms with E-state index in [1.54, 1.807) is 6.08 Å². The molecule has 0 saturated carbocycles. The Bertz CT molecular complexity index is 674. The Labute approximate surface area is 141 Å². The topological polar surface area (TPSA) is 23.6 Å². The lowest BCUT2D eigenvalue weighted by molar-refractivity contribution is -0.126. The van der Waals surface area contributed by atoms with Crippen molar-refractivity contribution < 1.29 is 4.79 Å². The molecule has 1 aliphatic rings. The number of hydrogen-bond donors (Lipinski definition) is 0. The van der Waals surface area contributed by atoms with Crippen LogP contribution in [0.3, 0.4) is 0 Å². The van der Waals surface area contributed by atoms with Crippen molar-refractivity contribution in [2.75, 3.05) is 31.1 Å². The summed E-state index contributed by atoms with van der Waals surface area (Å²) in [5.74, 6) is 0.0737. The lowest BCUT2D eigenvalue weighted by Crippen LogP contribution is -2.48. The molecule has 1 amide bonds. The van der Waals surface area contributed by atoms with Crippen molar-refractivity contribution in [3.8, 4) is 0 Å². The Kier molecular flexibility index (Phi) is 4.99. The summed E-state index contributed by atoms with van der Waals surface area (Å²) in [5.41, 5.74) is 2.20. The van der Waals surface area contributed by atoms with Gasteiger partial charge in [0, 0.05) is 43.0 Å². The number of amides is 1. The molecule has 0 aromatic heterocycles. The van der Waals surface area contributed by atoms with Gasteiger partial charge in [0.1, 0.15) is 0 Å². The second-order valence-corrected chi connectivity index (χ2v) is 5.97. The van der Waals surface area contributed by atoms with Gasteiger partial charge in [0.15, 0.2) is 0 Å². The standard InChI is InChI=1S/C19H19ClN2O/c20-17-7-9-18(10-8-17)21-12-14-22(15-13-21)19(23)11-6-16-4-2-1-3-5-16/h1-11H,12-15H2. The molecule has 1 heterocycles. The van der Waals surface area contributed by atoms with E-state index in [1.165, 1.54) is 0 Å². The summed E-state index contributed by atoms with van der Waals surface area (Å²) < 4.78 is 0. The van der Waals surface area contributed by atoms with Gasteiger partial charge in [-0.25, -0.2) is 0 Å². The second kappa shape index (κ2) is 7.34. The highest BCUT2D eigenvalue weighted by molar-refractivity contribution is 6.30. The Morgan fingerprint density at radius 1 is 0.913 bits per heavy atom. The van der Waals surface area contributed by atoms with Crippen molar-refractivity contribution in [3.05, 3.63) is 71.3 Å². The van der Waals surface area contributed by atoms with Crippen molar-refractivity contribution in [3.63, 3.8) is 0 Å². The van der Waals surface area contributed by atoms with Crippen LogP contribution < -0.4 is 4.90 Å². The third kappa shape index (κ3) is 4.14. The zero-order valence-electron chi connectivity index (χ0n) is 12.9. The molecule has 2 aromatic rings. The van der Waals surface area contributed by atoms with Crippen LogP contribution in [0.25, 0.3) is 6.08 Å². The highest BCUT2D eigenvalue weighted by Gasteiger charge is 2.19. The van der Waals surface area contributed by atoms with Crippen LogP contribution in [0, 0.1) is 0 Å². The average molecular weight is 327 g/mol. The molecule has 0 radical (unpaired) electrons. The molecular formula is C19H19ClN2O. The number of benzene rings is 2.